The Morgan fingerprint density at radius 1 is 1.40 bits per heavy atom. The Morgan fingerprint density at radius 3 is 2.93 bits per heavy atom. The minimum Gasteiger partial charge on any atom is -0.321 e. The lowest BCUT2D eigenvalue weighted by atomic mass is 10.0. The standard InChI is InChI=1S/C13H14N2/c1-9-8-13(9,14)11-4-5-12-10(7-11)3-2-6-15-12/h2-7,9H,8,14H2,1H3. The molecule has 1 aromatic carbocycles. The van der Waals surface area contributed by atoms with Crippen LogP contribution in [0.2, 0.25) is 0 Å². The van der Waals surface area contributed by atoms with E-state index >= 15 is 0 Å². The van der Waals surface area contributed by atoms with Crippen molar-refractivity contribution in [3.05, 3.63) is 42.1 Å². The molecule has 1 aliphatic carbocycles. The average molecular weight is 198 g/mol. The number of rotatable bonds is 1. The van der Waals surface area contributed by atoms with Crippen molar-refractivity contribution in [2.24, 2.45) is 11.7 Å². The molecule has 0 saturated heterocycles. The van der Waals surface area contributed by atoms with Crippen molar-refractivity contribution in [2.45, 2.75) is 18.9 Å². The van der Waals surface area contributed by atoms with E-state index in [1.807, 2.05) is 12.3 Å². The third-order valence-corrected chi connectivity index (χ3v) is 3.50. The fraction of sp³-hybridized carbons (Fsp3) is 0.308. The first-order chi connectivity index (χ1) is 7.20. The highest BCUT2D eigenvalue weighted by Gasteiger charge is 2.48. The average Bonchev–Trinajstić information content (AvgIpc) is 2.88. The summed E-state index contributed by atoms with van der Waals surface area (Å²) in [6.45, 7) is 2.20. The lowest BCUT2D eigenvalue weighted by molar-refractivity contribution is 0.666. The summed E-state index contributed by atoms with van der Waals surface area (Å²) in [6.07, 6.45) is 2.92. The summed E-state index contributed by atoms with van der Waals surface area (Å²) in [7, 11) is 0. The number of fused-ring (bicyclic) bond motifs is 1. The monoisotopic (exact) mass is 198 g/mol. The number of nitrogens with zero attached hydrogens (tertiary/aromatic N) is 1. The van der Waals surface area contributed by atoms with Gasteiger partial charge in [-0.15, -0.1) is 0 Å². The molecule has 15 heavy (non-hydrogen) atoms. The molecule has 1 aromatic heterocycles. The molecule has 76 valence electrons. The molecule has 2 aromatic rings. The highest BCUT2D eigenvalue weighted by molar-refractivity contribution is 5.79. The number of nitrogens with two attached hydrogens (primary N) is 1. The molecule has 0 amide bonds. The molecule has 2 atom stereocenters. The second-order valence-electron chi connectivity index (χ2n) is 4.56. The third kappa shape index (κ3) is 1.25. The van der Waals surface area contributed by atoms with Crippen LogP contribution in [0.25, 0.3) is 10.9 Å². The fourth-order valence-corrected chi connectivity index (χ4v) is 2.22. The minimum absolute atomic E-state index is 0.0793. The van der Waals surface area contributed by atoms with Crippen molar-refractivity contribution in [1.29, 1.82) is 0 Å². The van der Waals surface area contributed by atoms with E-state index in [9.17, 15) is 0 Å². The maximum absolute atomic E-state index is 6.28. The van der Waals surface area contributed by atoms with Gasteiger partial charge in [0, 0.05) is 17.1 Å². The SMILES string of the molecule is CC1CC1(N)c1ccc2ncccc2c1. The van der Waals surface area contributed by atoms with E-state index in [1.54, 1.807) is 0 Å². The van der Waals surface area contributed by atoms with Crippen molar-refractivity contribution < 1.29 is 0 Å². The van der Waals surface area contributed by atoms with Gasteiger partial charge in [0.25, 0.3) is 0 Å². The maximum Gasteiger partial charge on any atom is 0.0702 e. The summed E-state index contributed by atoms with van der Waals surface area (Å²) in [5, 5.41) is 1.18. The van der Waals surface area contributed by atoms with Gasteiger partial charge in [0.1, 0.15) is 0 Å². The normalized spacial score (nSPS) is 29.3. The molecular formula is C13H14N2. The zero-order valence-corrected chi connectivity index (χ0v) is 8.77. The molecule has 2 heteroatoms. The van der Waals surface area contributed by atoms with Crippen molar-refractivity contribution in [3.8, 4) is 0 Å². The van der Waals surface area contributed by atoms with Gasteiger partial charge >= 0.3 is 0 Å². The second-order valence-corrected chi connectivity index (χ2v) is 4.56. The van der Waals surface area contributed by atoms with Crippen molar-refractivity contribution in [2.75, 3.05) is 0 Å². The van der Waals surface area contributed by atoms with Crippen LogP contribution in [-0.2, 0) is 5.54 Å². The van der Waals surface area contributed by atoms with Crippen LogP contribution in [0.5, 0.6) is 0 Å². The first-order valence-electron chi connectivity index (χ1n) is 5.34. The lowest BCUT2D eigenvalue weighted by Crippen LogP contribution is -2.21. The van der Waals surface area contributed by atoms with Gasteiger partial charge in [0.2, 0.25) is 0 Å². The number of hydrogen-bond donors (Lipinski definition) is 1. The quantitative estimate of drug-likeness (QED) is 0.764. The van der Waals surface area contributed by atoms with E-state index in [-0.39, 0.29) is 5.54 Å². The van der Waals surface area contributed by atoms with Crippen molar-refractivity contribution in [3.63, 3.8) is 0 Å². The molecule has 0 aliphatic heterocycles. The molecule has 0 spiro atoms. The van der Waals surface area contributed by atoms with Gasteiger partial charge in [-0.1, -0.05) is 19.1 Å². The van der Waals surface area contributed by atoms with Crippen LogP contribution >= 0.6 is 0 Å². The Kier molecular flexibility index (Phi) is 1.65. The predicted octanol–water partition coefficient (Wildman–Crippen LogP) is 2.43. The number of pyridine rings is 1. The minimum atomic E-state index is -0.0793. The van der Waals surface area contributed by atoms with Gasteiger partial charge in [0.15, 0.2) is 0 Å². The molecule has 2 nitrogen and oxygen atoms in total. The van der Waals surface area contributed by atoms with Crippen LogP contribution in [-0.4, -0.2) is 4.98 Å². The Hall–Kier alpha value is -1.41. The van der Waals surface area contributed by atoms with Gasteiger partial charge in [-0.05, 0) is 36.1 Å². The fourth-order valence-electron chi connectivity index (χ4n) is 2.22. The van der Waals surface area contributed by atoms with Crippen LogP contribution in [0.1, 0.15) is 18.9 Å². The van der Waals surface area contributed by atoms with E-state index < -0.39 is 0 Å². The first kappa shape index (κ1) is 8.86. The number of hydrogen-bond acceptors (Lipinski definition) is 2. The molecule has 1 aliphatic rings. The molecule has 3 rings (SSSR count). The molecule has 0 bridgehead atoms. The van der Waals surface area contributed by atoms with Crippen LogP contribution in [0.3, 0.4) is 0 Å². The van der Waals surface area contributed by atoms with Crippen LogP contribution in [0.15, 0.2) is 36.5 Å². The van der Waals surface area contributed by atoms with Gasteiger partial charge in [0.05, 0.1) is 5.52 Å². The molecule has 1 heterocycles. The molecular weight excluding hydrogens is 184 g/mol. The molecule has 1 fully saturated rings. The van der Waals surface area contributed by atoms with Crippen molar-refractivity contribution >= 4 is 10.9 Å². The highest BCUT2D eigenvalue weighted by Crippen LogP contribution is 2.49. The molecule has 2 N–H and O–H groups in total. The zero-order valence-electron chi connectivity index (χ0n) is 8.77. The van der Waals surface area contributed by atoms with Crippen LogP contribution in [0, 0.1) is 5.92 Å². The molecule has 1 saturated carbocycles. The van der Waals surface area contributed by atoms with E-state index in [0.29, 0.717) is 5.92 Å². The summed E-state index contributed by atoms with van der Waals surface area (Å²) in [5.41, 5.74) is 8.49. The van der Waals surface area contributed by atoms with Crippen LogP contribution in [0.4, 0.5) is 0 Å². The molecule has 0 radical (unpaired) electrons. The van der Waals surface area contributed by atoms with Gasteiger partial charge < -0.3 is 5.73 Å². The Labute approximate surface area is 89.1 Å². The van der Waals surface area contributed by atoms with E-state index in [1.165, 1.54) is 10.9 Å². The number of benzene rings is 1. The zero-order chi connectivity index (χ0) is 10.5. The van der Waals surface area contributed by atoms with Gasteiger partial charge in [-0.3, -0.25) is 4.98 Å². The van der Waals surface area contributed by atoms with Gasteiger partial charge in [-0.25, -0.2) is 0 Å². The Bertz CT molecular complexity index is 521. The summed E-state index contributed by atoms with van der Waals surface area (Å²) >= 11 is 0. The van der Waals surface area contributed by atoms with Crippen molar-refractivity contribution in [1.82, 2.24) is 4.98 Å². The Morgan fingerprint density at radius 2 is 2.20 bits per heavy atom. The molecule has 2 unspecified atom stereocenters. The third-order valence-electron chi connectivity index (χ3n) is 3.50. The Balaban J connectivity index is 2.15. The lowest BCUT2D eigenvalue weighted by Gasteiger charge is -2.11. The van der Waals surface area contributed by atoms with Crippen LogP contribution < -0.4 is 5.73 Å². The van der Waals surface area contributed by atoms with E-state index in [4.69, 9.17) is 5.73 Å². The summed E-state index contributed by atoms with van der Waals surface area (Å²) in [5.74, 6) is 0.603. The second kappa shape index (κ2) is 2.80. The smallest absolute Gasteiger partial charge is 0.0702 e. The predicted molar refractivity (Wildman–Crippen MR) is 61.4 cm³/mol. The summed E-state index contributed by atoms with van der Waals surface area (Å²) in [4.78, 5) is 4.30. The largest absolute Gasteiger partial charge is 0.321 e. The van der Waals surface area contributed by atoms with Gasteiger partial charge in [-0.2, -0.15) is 0 Å². The highest BCUT2D eigenvalue weighted by atomic mass is 14.9. The van der Waals surface area contributed by atoms with E-state index in [0.717, 1.165) is 11.9 Å². The van der Waals surface area contributed by atoms with E-state index in [2.05, 4.69) is 36.2 Å². The maximum atomic E-state index is 6.28. The number of aromatic nitrogens is 1. The first-order valence-corrected chi connectivity index (χ1v) is 5.34. The summed E-state index contributed by atoms with van der Waals surface area (Å²) in [6, 6.07) is 10.4. The topological polar surface area (TPSA) is 38.9 Å². The summed E-state index contributed by atoms with van der Waals surface area (Å²) < 4.78 is 0.